The lowest BCUT2D eigenvalue weighted by atomic mass is 9.96. The summed E-state index contributed by atoms with van der Waals surface area (Å²) in [6.07, 6.45) is 4.16. The van der Waals surface area contributed by atoms with Crippen molar-refractivity contribution >= 4 is 29.5 Å². The molecule has 2 fully saturated rings. The molecule has 1 saturated heterocycles. The highest BCUT2D eigenvalue weighted by Crippen LogP contribution is 2.32. The molecule has 4 N–H and O–H groups in total. The number of aliphatic hydroxyl groups is 1. The first-order valence-corrected chi connectivity index (χ1v) is 13.0. The summed E-state index contributed by atoms with van der Waals surface area (Å²) < 4.78 is 5.78. The minimum Gasteiger partial charge on any atom is -0.446 e. The van der Waals surface area contributed by atoms with Crippen LogP contribution in [-0.4, -0.2) is 54.4 Å². The van der Waals surface area contributed by atoms with Crippen LogP contribution in [0.25, 0.3) is 0 Å². The Morgan fingerprint density at radius 2 is 2.03 bits per heavy atom. The summed E-state index contributed by atoms with van der Waals surface area (Å²) in [4.78, 5) is 37.7. The van der Waals surface area contributed by atoms with Crippen molar-refractivity contribution in [3.63, 3.8) is 0 Å². The van der Waals surface area contributed by atoms with Gasteiger partial charge >= 0.3 is 6.09 Å². The standard InChI is InChI=1S/C26H38ClN3O5/c1-16(2)11-22(25(33)29-21(15-31)14-19-9-10-28-24(19)32)30-26(34)35-23-8-4-6-18(23)12-17-5-3-7-20(27)13-17/h3,5,7,13,16,18-19,21-23,31H,4,6,8-12,14-15H2,1-2H3,(H,28,32)(H,29,33)(H,30,34)/t18?,19-,21-,22-,23?/m0/s1. The number of hydrogen-bond acceptors (Lipinski definition) is 5. The van der Waals surface area contributed by atoms with Crippen LogP contribution in [-0.2, 0) is 20.7 Å². The monoisotopic (exact) mass is 507 g/mol. The van der Waals surface area contributed by atoms with Gasteiger partial charge in [0.1, 0.15) is 12.1 Å². The lowest BCUT2D eigenvalue weighted by molar-refractivity contribution is -0.126. The molecule has 5 atom stereocenters. The minimum absolute atomic E-state index is 0.0537. The molecule has 1 aliphatic carbocycles. The van der Waals surface area contributed by atoms with Crippen molar-refractivity contribution in [3.8, 4) is 0 Å². The zero-order valence-electron chi connectivity index (χ0n) is 20.6. The minimum atomic E-state index is -0.790. The Balaban J connectivity index is 1.55. The summed E-state index contributed by atoms with van der Waals surface area (Å²) in [5.74, 6) is -0.307. The Labute approximate surface area is 212 Å². The van der Waals surface area contributed by atoms with Gasteiger partial charge in [0.05, 0.1) is 12.6 Å². The second-order valence-corrected chi connectivity index (χ2v) is 10.6. The van der Waals surface area contributed by atoms with E-state index >= 15 is 0 Å². The van der Waals surface area contributed by atoms with E-state index in [-0.39, 0.29) is 42.3 Å². The fourth-order valence-corrected chi connectivity index (χ4v) is 5.28. The molecule has 1 saturated carbocycles. The topological polar surface area (TPSA) is 117 Å². The third-order valence-corrected chi connectivity index (χ3v) is 7.08. The first-order chi connectivity index (χ1) is 16.7. The Morgan fingerprint density at radius 1 is 1.23 bits per heavy atom. The molecule has 0 spiro atoms. The van der Waals surface area contributed by atoms with E-state index in [1.54, 1.807) is 0 Å². The van der Waals surface area contributed by atoms with E-state index in [2.05, 4.69) is 16.0 Å². The Kier molecular flexibility index (Phi) is 10.2. The fraction of sp³-hybridized carbons (Fsp3) is 0.654. The maximum absolute atomic E-state index is 13.0. The Hall–Kier alpha value is -2.32. The van der Waals surface area contributed by atoms with Gasteiger partial charge in [-0.2, -0.15) is 0 Å². The number of alkyl carbamates (subject to hydrolysis) is 1. The number of carbonyl (C=O) groups excluding carboxylic acids is 3. The largest absolute Gasteiger partial charge is 0.446 e. The highest BCUT2D eigenvalue weighted by atomic mass is 35.5. The van der Waals surface area contributed by atoms with Crippen LogP contribution in [0.15, 0.2) is 24.3 Å². The van der Waals surface area contributed by atoms with E-state index in [0.717, 1.165) is 31.2 Å². The average Bonchev–Trinajstić information content (AvgIpc) is 3.40. The SMILES string of the molecule is CC(C)C[C@H](NC(=O)OC1CCCC1Cc1cccc(Cl)c1)C(=O)N[C@H](CO)C[C@@H]1CCNC1=O. The van der Waals surface area contributed by atoms with Crippen molar-refractivity contribution in [3.05, 3.63) is 34.9 Å². The van der Waals surface area contributed by atoms with Crippen LogP contribution in [0.2, 0.25) is 5.02 Å². The van der Waals surface area contributed by atoms with Gasteiger partial charge in [-0.1, -0.05) is 37.6 Å². The second kappa shape index (κ2) is 13.1. The fourth-order valence-electron chi connectivity index (χ4n) is 5.07. The first kappa shape index (κ1) is 27.3. The lowest BCUT2D eigenvalue weighted by Crippen LogP contribution is -2.52. The molecular weight excluding hydrogens is 470 g/mol. The molecule has 1 heterocycles. The van der Waals surface area contributed by atoms with Crippen molar-refractivity contribution in [2.24, 2.45) is 17.8 Å². The van der Waals surface area contributed by atoms with Crippen LogP contribution in [0.5, 0.6) is 0 Å². The van der Waals surface area contributed by atoms with Crippen molar-refractivity contribution in [1.29, 1.82) is 0 Å². The number of rotatable bonds is 11. The summed E-state index contributed by atoms with van der Waals surface area (Å²) in [6, 6.07) is 6.38. The smallest absolute Gasteiger partial charge is 0.408 e. The third kappa shape index (κ3) is 8.39. The molecule has 1 aromatic carbocycles. The summed E-state index contributed by atoms with van der Waals surface area (Å²) in [5.41, 5.74) is 1.11. The molecule has 0 radical (unpaired) electrons. The van der Waals surface area contributed by atoms with E-state index in [1.165, 1.54) is 0 Å². The lowest BCUT2D eigenvalue weighted by Gasteiger charge is -2.26. The van der Waals surface area contributed by atoms with Crippen LogP contribution in [0.4, 0.5) is 4.79 Å². The third-order valence-electron chi connectivity index (χ3n) is 6.85. The van der Waals surface area contributed by atoms with E-state index in [1.807, 2.05) is 38.1 Å². The van der Waals surface area contributed by atoms with Gasteiger partial charge < -0.3 is 25.8 Å². The molecule has 1 aromatic rings. The summed E-state index contributed by atoms with van der Waals surface area (Å²) in [5, 5.41) is 18.8. The summed E-state index contributed by atoms with van der Waals surface area (Å²) in [6.45, 7) is 4.27. The van der Waals surface area contributed by atoms with Crippen molar-refractivity contribution in [2.45, 2.75) is 77.0 Å². The molecule has 8 nitrogen and oxygen atoms in total. The average molecular weight is 508 g/mol. The molecule has 35 heavy (non-hydrogen) atoms. The first-order valence-electron chi connectivity index (χ1n) is 12.7. The molecule has 3 amide bonds. The quantitative estimate of drug-likeness (QED) is 0.367. The number of nitrogens with one attached hydrogen (secondary N) is 3. The second-order valence-electron chi connectivity index (χ2n) is 10.2. The number of benzene rings is 1. The van der Waals surface area contributed by atoms with Crippen LogP contribution in [0.1, 0.15) is 57.9 Å². The van der Waals surface area contributed by atoms with E-state index in [4.69, 9.17) is 16.3 Å². The van der Waals surface area contributed by atoms with Gasteiger partial charge in [0, 0.05) is 23.4 Å². The van der Waals surface area contributed by atoms with Gasteiger partial charge in [-0.3, -0.25) is 9.59 Å². The number of halogens is 1. The van der Waals surface area contributed by atoms with Gasteiger partial charge in [-0.15, -0.1) is 0 Å². The molecule has 2 unspecified atom stereocenters. The number of carbonyl (C=O) groups is 3. The van der Waals surface area contributed by atoms with E-state index < -0.39 is 18.2 Å². The molecule has 2 aliphatic rings. The maximum atomic E-state index is 13.0. The van der Waals surface area contributed by atoms with Gasteiger partial charge in [0.15, 0.2) is 0 Å². The number of hydrogen-bond donors (Lipinski definition) is 4. The number of aliphatic hydroxyl groups excluding tert-OH is 1. The van der Waals surface area contributed by atoms with E-state index in [9.17, 15) is 19.5 Å². The predicted molar refractivity (Wildman–Crippen MR) is 134 cm³/mol. The number of ether oxygens (including phenoxy) is 1. The zero-order chi connectivity index (χ0) is 25.4. The van der Waals surface area contributed by atoms with E-state index in [0.29, 0.717) is 30.8 Å². The molecule has 3 rings (SSSR count). The van der Waals surface area contributed by atoms with Crippen molar-refractivity contribution in [2.75, 3.05) is 13.2 Å². The Bertz CT molecular complexity index is 880. The molecule has 0 bridgehead atoms. The van der Waals surface area contributed by atoms with Gasteiger partial charge in [-0.25, -0.2) is 4.79 Å². The zero-order valence-corrected chi connectivity index (χ0v) is 21.4. The van der Waals surface area contributed by atoms with Gasteiger partial charge in [0.2, 0.25) is 11.8 Å². The molecule has 9 heteroatoms. The predicted octanol–water partition coefficient (Wildman–Crippen LogP) is 3.20. The van der Waals surface area contributed by atoms with Crippen molar-refractivity contribution < 1.29 is 24.2 Å². The highest BCUT2D eigenvalue weighted by molar-refractivity contribution is 6.30. The highest BCUT2D eigenvalue weighted by Gasteiger charge is 2.33. The molecular formula is C26H38ClN3O5. The molecule has 0 aromatic heterocycles. The van der Waals surface area contributed by atoms with Crippen LogP contribution in [0.3, 0.4) is 0 Å². The van der Waals surface area contributed by atoms with Crippen LogP contribution >= 0.6 is 11.6 Å². The van der Waals surface area contributed by atoms with Crippen LogP contribution < -0.4 is 16.0 Å². The van der Waals surface area contributed by atoms with Gasteiger partial charge in [-0.05, 0) is 68.6 Å². The summed E-state index contributed by atoms with van der Waals surface area (Å²) in [7, 11) is 0. The normalized spacial score (nSPS) is 23.6. The molecule has 1 aliphatic heterocycles. The Morgan fingerprint density at radius 3 is 2.69 bits per heavy atom. The number of amides is 3. The maximum Gasteiger partial charge on any atom is 0.408 e. The molecule has 194 valence electrons. The van der Waals surface area contributed by atoms with Crippen molar-refractivity contribution in [1.82, 2.24) is 16.0 Å². The van der Waals surface area contributed by atoms with Gasteiger partial charge in [0.25, 0.3) is 0 Å². The van der Waals surface area contributed by atoms with Crippen LogP contribution in [0, 0.1) is 17.8 Å². The summed E-state index contributed by atoms with van der Waals surface area (Å²) >= 11 is 6.11.